The number of benzene rings is 2. The maximum Gasteiger partial charge on any atom is 0.251 e. The molecule has 1 aliphatic heterocycles. The number of rotatable bonds is 6. The van der Waals surface area contributed by atoms with Crippen LogP contribution in [-0.4, -0.2) is 30.3 Å². The van der Waals surface area contributed by atoms with Crippen molar-refractivity contribution in [2.45, 2.75) is 39.3 Å². The Labute approximate surface area is 164 Å². The lowest BCUT2D eigenvalue weighted by Crippen LogP contribution is -2.44. The van der Waals surface area contributed by atoms with Crippen molar-refractivity contribution >= 4 is 23.4 Å². The molecule has 28 heavy (non-hydrogen) atoms. The molecule has 0 aliphatic carbocycles. The number of hydrogen-bond donors (Lipinski definition) is 2. The number of anilines is 1. The van der Waals surface area contributed by atoms with Gasteiger partial charge in [0.15, 0.2) is 0 Å². The highest BCUT2D eigenvalue weighted by Crippen LogP contribution is 2.29. The van der Waals surface area contributed by atoms with Crippen molar-refractivity contribution in [2.75, 3.05) is 11.4 Å². The van der Waals surface area contributed by atoms with E-state index in [0.29, 0.717) is 25.1 Å². The molecule has 6 nitrogen and oxygen atoms in total. The average molecular weight is 379 g/mol. The van der Waals surface area contributed by atoms with Gasteiger partial charge in [-0.1, -0.05) is 37.3 Å². The molecule has 2 aromatic carbocycles. The summed E-state index contributed by atoms with van der Waals surface area (Å²) in [6.45, 7) is 4.56. The van der Waals surface area contributed by atoms with E-state index in [4.69, 9.17) is 0 Å². The third kappa shape index (κ3) is 4.39. The van der Waals surface area contributed by atoms with Crippen molar-refractivity contribution < 1.29 is 14.4 Å². The van der Waals surface area contributed by atoms with Gasteiger partial charge in [0.05, 0.1) is 0 Å². The molecule has 146 valence electrons. The fourth-order valence-corrected chi connectivity index (χ4v) is 3.28. The molecule has 6 heteroatoms. The Morgan fingerprint density at radius 1 is 1.11 bits per heavy atom. The molecule has 1 aliphatic rings. The fraction of sp³-hybridized carbons (Fsp3) is 0.318. The molecule has 0 aromatic heterocycles. The second-order valence-electron chi connectivity index (χ2n) is 6.89. The van der Waals surface area contributed by atoms with Crippen LogP contribution in [0.2, 0.25) is 0 Å². The van der Waals surface area contributed by atoms with Gasteiger partial charge >= 0.3 is 0 Å². The number of nitrogens with one attached hydrogen (secondary N) is 2. The van der Waals surface area contributed by atoms with E-state index in [9.17, 15) is 14.4 Å². The van der Waals surface area contributed by atoms with Crippen LogP contribution in [0.1, 0.15) is 41.8 Å². The average Bonchev–Trinajstić information content (AvgIpc) is 3.15. The van der Waals surface area contributed by atoms with Crippen LogP contribution in [0.3, 0.4) is 0 Å². The third-order valence-electron chi connectivity index (χ3n) is 4.89. The fourth-order valence-electron chi connectivity index (χ4n) is 3.28. The van der Waals surface area contributed by atoms with E-state index in [0.717, 1.165) is 23.2 Å². The van der Waals surface area contributed by atoms with Crippen LogP contribution in [0.25, 0.3) is 0 Å². The smallest absolute Gasteiger partial charge is 0.251 e. The lowest BCUT2D eigenvalue weighted by atomic mass is 10.1. The molecule has 0 saturated heterocycles. The summed E-state index contributed by atoms with van der Waals surface area (Å²) < 4.78 is 0. The molecule has 3 rings (SSSR count). The Hall–Kier alpha value is -3.15. The number of hydrogen-bond acceptors (Lipinski definition) is 3. The molecule has 3 amide bonds. The molecular formula is C22H25N3O3. The van der Waals surface area contributed by atoms with Gasteiger partial charge < -0.3 is 15.5 Å². The van der Waals surface area contributed by atoms with E-state index < -0.39 is 6.04 Å². The standard InChI is InChI=1S/C22H25N3O3/c1-3-20(26)25-12-11-17-13-18(9-10-19(17)25)22(28)24-15(2)21(27)23-14-16-7-5-4-6-8-16/h4-10,13,15H,3,11-12,14H2,1-2H3,(H,23,27)(H,24,28). The second-order valence-corrected chi connectivity index (χ2v) is 6.89. The maximum atomic E-state index is 12.5. The van der Waals surface area contributed by atoms with Gasteiger partial charge in [-0.05, 0) is 42.7 Å². The molecule has 0 radical (unpaired) electrons. The van der Waals surface area contributed by atoms with Gasteiger partial charge in [0.1, 0.15) is 6.04 Å². The van der Waals surface area contributed by atoms with Crippen molar-refractivity contribution in [1.29, 1.82) is 0 Å². The topological polar surface area (TPSA) is 78.5 Å². The van der Waals surface area contributed by atoms with Gasteiger partial charge in [-0.2, -0.15) is 0 Å². The summed E-state index contributed by atoms with van der Waals surface area (Å²) in [4.78, 5) is 38.5. The van der Waals surface area contributed by atoms with Gasteiger partial charge in [0.25, 0.3) is 5.91 Å². The van der Waals surface area contributed by atoms with Crippen LogP contribution < -0.4 is 15.5 Å². The summed E-state index contributed by atoms with van der Waals surface area (Å²) in [5.41, 5.74) is 3.35. The van der Waals surface area contributed by atoms with Crippen molar-refractivity contribution in [3.8, 4) is 0 Å². The van der Waals surface area contributed by atoms with Gasteiger partial charge in [0, 0.05) is 30.8 Å². The highest BCUT2D eigenvalue weighted by atomic mass is 16.2. The summed E-state index contributed by atoms with van der Waals surface area (Å²) >= 11 is 0. The Kier molecular flexibility index (Phi) is 6.09. The first-order chi connectivity index (χ1) is 13.5. The third-order valence-corrected chi connectivity index (χ3v) is 4.89. The molecular weight excluding hydrogens is 354 g/mol. The van der Waals surface area contributed by atoms with E-state index in [1.54, 1.807) is 17.9 Å². The van der Waals surface area contributed by atoms with Crippen LogP contribution in [-0.2, 0) is 22.6 Å². The summed E-state index contributed by atoms with van der Waals surface area (Å²) in [5.74, 6) is -0.455. The van der Waals surface area contributed by atoms with Crippen LogP contribution in [0, 0.1) is 0 Å². The minimum absolute atomic E-state index is 0.0830. The summed E-state index contributed by atoms with van der Waals surface area (Å²) in [6.07, 6.45) is 1.19. The lowest BCUT2D eigenvalue weighted by Gasteiger charge is -2.17. The Balaban J connectivity index is 1.58. The molecule has 0 fully saturated rings. The number of carbonyl (C=O) groups is 3. The lowest BCUT2D eigenvalue weighted by molar-refractivity contribution is -0.122. The molecule has 2 N–H and O–H groups in total. The minimum Gasteiger partial charge on any atom is -0.350 e. The normalized spacial score (nSPS) is 13.6. The first-order valence-electron chi connectivity index (χ1n) is 9.55. The maximum absolute atomic E-state index is 12.5. The van der Waals surface area contributed by atoms with Crippen LogP contribution in [0.15, 0.2) is 48.5 Å². The number of nitrogens with zero attached hydrogens (tertiary/aromatic N) is 1. The van der Waals surface area contributed by atoms with Gasteiger partial charge in [-0.25, -0.2) is 0 Å². The quantitative estimate of drug-likeness (QED) is 0.809. The van der Waals surface area contributed by atoms with E-state index in [-0.39, 0.29) is 17.7 Å². The second kappa shape index (κ2) is 8.69. The van der Waals surface area contributed by atoms with E-state index in [1.165, 1.54) is 0 Å². The summed E-state index contributed by atoms with van der Waals surface area (Å²) in [7, 11) is 0. The zero-order chi connectivity index (χ0) is 20.1. The Morgan fingerprint density at radius 3 is 2.57 bits per heavy atom. The SMILES string of the molecule is CCC(=O)N1CCc2cc(C(=O)NC(C)C(=O)NCc3ccccc3)ccc21. The Bertz CT molecular complexity index is 880. The minimum atomic E-state index is -0.650. The molecule has 0 bridgehead atoms. The number of fused-ring (bicyclic) bond motifs is 1. The predicted octanol–water partition coefficient (Wildman–Crippen LogP) is 2.42. The highest BCUT2D eigenvalue weighted by Gasteiger charge is 2.25. The number of carbonyl (C=O) groups excluding carboxylic acids is 3. The van der Waals surface area contributed by atoms with E-state index in [2.05, 4.69) is 10.6 Å². The van der Waals surface area contributed by atoms with Crippen molar-refractivity contribution in [2.24, 2.45) is 0 Å². The van der Waals surface area contributed by atoms with E-state index in [1.807, 2.05) is 49.4 Å². The van der Waals surface area contributed by atoms with Gasteiger partial charge in [-0.15, -0.1) is 0 Å². The monoisotopic (exact) mass is 379 g/mol. The Morgan fingerprint density at radius 2 is 1.86 bits per heavy atom. The molecule has 1 unspecified atom stereocenters. The zero-order valence-electron chi connectivity index (χ0n) is 16.2. The summed E-state index contributed by atoms with van der Waals surface area (Å²) in [5, 5.41) is 5.56. The number of amides is 3. The molecule has 1 heterocycles. The predicted molar refractivity (Wildman–Crippen MR) is 108 cm³/mol. The summed E-state index contributed by atoms with van der Waals surface area (Å²) in [6, 6.07) is 14.3. The molecule has 0 spiro atoms. The first kappa shape index (κ1) is 19.6. The van der Waals surface area contributed by atoms with Crippen molar-refractivity contribution in [3.63, 3.8) is 0 Å². The molecule has 2 aromatic rings. The van der Waals surface area contributed by atoms with Crippen LogP contribution >= 0.6 is 0 Å². The first-order valence-corrected chi connectivity index (χ1v) is 9.55. The highest BCUT2D eigenvalue weighted by molar-refractivity contribution is 6.00. The van der Waals surface area contributed by atoms with Crippen molar-refractivity contribution in [1.82, 2.24) is 10.6 Å². The van der Waals surface area contributed by atoms with Crippen LogP contribution in [0.5, 0.6) is 0 Å². The van der Waals surface area contributed by atoms with Gasteiger partial charge in [-0.3, -0.25) is 14.4 Å². The van der Waals surface area contributed by atoms with Crippen molar-refractivity contribution in [3.05, 3.63) is 65.2 Å². The van der Waals surface area contributed by atoms with E-state index >= 15 is 0 Å². The van der Waals surface area contributed by atoms with Crippen LogP contribution in [0.4, 0.5) is 5.69 Å². The van der Waals surface area contributed by atoms with Gasteiger partial charge in [0.2, 0.25) is 11.8 Å². The molecule has 1 atom stereocenters. The largest absolute Gasteiger partial charge is 0.350 e. The molecule has 0 saturated carbocycles. The zero-order valence-corrected chi connectivity index (χ0v) is 16.2.